The van der Waals surface area contributed by atoms with Crippen molar-refractivity contribution in [1.29, 1.82) is 0 Å². The average molecular weight is 113 g/mol. The second kappa shape index (κ2) is 1.45. The van der Waals surface area contributed by atoms with Crippen molar-refractivity contribution in [3.05, 3.63) is 0 Å². The Hall–Kier alpha value is -0.0800. The molecule has 2 nitrogen and oxygen atoms in total. The maximum absolute atomic E-state index is 8.68. The molecule has 46 valence electrons. The number of aliphatic hydroxyl groups is 1. The highest BCUT2D eigenvalue weighted by atomic mass is 16.3. The van der Waals surface area contributed by atoms with Crippen molar-refractivity contribution in [2.45, 2.75) is 0 Å². The van der Waals surface area contributed by atoms with E-state index >= 15 is 0 Å². The van der Waals surface area contributed by atoms with Crippen molar-refractivity contribution in [3.8, 4) is 0 Å². The van der Waals surface area contributed by atoms with Crippen LogP contribution in [-0.4, -0.2) is 24.8 Å². The van der Waals surface area contributed by atoms with E-state index in [1.165, 1.54) is 0 Å². The molecule has 1 aliphatic heterocycles. The summed E-state index contributed by atoms with van der Waals surface area (Å²) in [6.45, 7) is 2.71. The zero-order valence-corrected chi connectivity index (χ0v) is 4.80. The van der Waals surface area contributed by atoms with Gasteiger partial charge in [-0.1, -0.05) is 0 Å². The summed E-state index contributed by atoms with van der Waals surface area (Å²) in [5.41, 5.74) is 0. The van der Waals surface area contributed by atoms with Crippen LogP contribution in [0.25, 0.3) is 0 Å². The Morgan fingerprint density at radius 3 is 2.38 bits per heavy atom. The van der Waals surface area contributed by atoms with Crippen LogP contribution in [-0.2, 0) is 0 Å². The molecule has 0 bridgehead atoms. The summed E-state index contributed by atoms with van der Waals surface area (Å²) in [5, 5.41) is 12.0. The van der Waals surface area contributed by atoms with Crippen LogP contribution in [0.15, 0.2) is 0 Å². The van der Waals surface area contributed by atoms with Crippen LogP contribution in [0, 0.1) is 17.8 Å². The van der Waals surface area contributed by atoms with Gasteiger partial charge in [0, 0.05) is 6.61 Å². The van der Waals surface area contributed by atoms with Gasteiger partial charge in [-0.25, -0.2) is 0 Å². The largest absolute Gasteiger partial charge is 0.396 e. The van der Waals surface area contributed by atoms with Gasteiger partial charge < -0.3 is 10.4 Å². The fraction of sp³-hybridized carbons (Fsp3) is 1.00. The summed E-state index contributed by atoms with van der Waals surface area (Å²) < 4.78 is 0. The van der Waals surface area contributed by atoms with Crippen LogP contribution in [0.4, 0.5) is 0 Å². The quantitative estimate of drug-likeness (QED) is 0.478. The Morgan fingerprint density at radius 2 is 2.00 bits per heavy atom. The van der Waals surface area contributed by atoms with E-state index in [0.29, 0.717) is 12.5 Å². The molecule has 3 atom stereocenters. The smallest absolute Gasteiger partial charge is 0.0465 e. The van der Waals surface area contributed by atoms with E-state index in [-0.39, 0.29) is 0 Å². The third-order valence-electron chi connectivity index (χ3n) is 2.48. The van der Waals surface area contributed by atoms with Crippen LogP contribution in [0.5, 0.6) is 0 Å². The number of nitrogens with one attached hydrogen (secondary N) is 1. The summed E-state index contributed by atoms with van der Waals surface area (Å²) in [6, 6.07) is 0. The molecule has 1 saturated carbocycles. The summed E-state index contributed by atoms with van der Waals surface area (Å²) in [4.78, 5) is 0. The van der Waals surface area contributed by atoms with Gasteiger partial charge in [0.25, 0.3) is 0 Å². The molecular formula is C6H11NO. The molecule has 0 aromatic rings. The number of rotatable bonds is 1. The molecule has 2 unspecified atom stereocenters. The van der Waals surface area contributed by atoms with Gasteiger partial charge in [-0.2, -0.15) is 0 Å². The molecule has 0 aromatic carbocycles. The molecule has 1 saturated heterocycles. The minimum absolute atomic E-state index is 0.414. The van der Waals surface area contributed by atoms with E-state index in [9.17, 15) is 0 Å². The van der Waals surface area contributed by atoms with Crippen molar-refractivity contribution >= 4 is 0 Å². The zero-order chi connectivity index (χ0) is 5.56. The lowest BCUT2D eigenvalue weighted by molar-refractivity contribution is 0.258. The molecule has 0 amide bonds. The first-order valence-corrected chi connectivity index (χ1v) is 3.25. The molecule has 2 N–H and O–H groups in total. The maximum Gasteiger partial charge on any atom is 0.0465 e. The minimum atomic E-state index is 0.414. The molecule has 0 radical (unpaired) electrons. The molecule has 2 rings (SSSR count). The lowest BCUT2D eigenvalue weighted by Crippen LogP contribution is -2.15. The Kier molecular flexibility index (Phi) is 0.866. The third kappa shape index (κ3) is 0.446. The Bertz CT molecular complexity index is 87.9. The van der Waals surface area contributed by atoms with E-state index in [4.69, 9.17) is 5.11 Å². The predicted molar refractivity (Wildman–Crippen MR) is 30.4 cm³/mol. The molecule has 0 aromatic heterocycles. The second-order valence-electron chi connectivity index (χ2n) is 2.83. The summed E-state index contributed by atoms with van der Waals surface area (Å²) in [6.07, 6.45) is 0. The van der Waals surface area contributed by atoms with Gasteiger partial charge in [-0.15, -0.1) is 0 Å². The molecule has 1 heterocycles. The van der Waals surface area contributed by atoms with Gasteiger partial charge in [-0.05, 0) is 30.8 Å². The Labute approximate surface area is 48.9 Å². The van der Waals surface area contributed by atoms with Gasteiger partial charge in [0.1, 0.15) is 0 Å². The van der Waals surface area contributed by atoms with Gasteiger partial charge in [-0.3, -0.25) is 0 Å². The van der Waals surface area contributed by atoms with Crippen molar-refractivity contribution in [3.63, 3.8) is 0 Å². The van der Waals surface area contributed by atoms with E-state index in [0.717, 1.165) is 24.9 Å². The topological polar surface area (TPSA) is 32.3 Å². The SMILES string of the molecule is OCC1C2CNC[C@@H]12. The maximum atomic E-state index is 8.68. The molecule has 2 fully saturated rings. The molecule has 2 aliphatic rings. The lowest BCUT2D eigenvalue weighted by Gasteiger charge is -1.97. The van der Waals surface area contributed by atoms with Crippen LogP contribution < -0.4 is 5.32 Å². The van der Waals surface area contributed by atoms with Crippen molar-refractivity contribution < 1.29 is 5.11 Å². The standard InChI is InChI=1S/C6H11NO/c8-3-6-4-1-7-2-5(4)6/h4-8H,1-3H2/t4-,5?,6?/m1/s1. The van der Waals surface area contributed by atoms with Crippen LogP contribution in [0.1, 0.15) is 0 Å². The first kappa shape index (κ1) is 4.77. The molecule has 2 heteroatoms. The Morgan fingerprint density at radius 1 is 1.38 bits per heavy atom. The first-order valence-electron chi connectivity index (χ1n) is 3.25. The highest BCUT2D eigenvalue weighted by Crippen LogP contribution is 2.47. The van der Waals surface area contributed by atoms with Gasteiger partial charge in [0.05, 0.1) is 0 Å². The average Bonchev–Trinajstić information content (AvgIpc) is 2.22. The number of piperidine rings is 1. The predicted octanol–water partition coefficient (Wildman–Crippen LogP) is -0.556. The van der Waals surface area contributed by atoms with Crippen LogP contribution in [0.2, 0.25) is 0 Å². The molecule has 1 aliphatic carbocycles. The lowest BCUT2D eigenvalue weighted by atomic mass is 10.3. The first-order chi connectivity index (χ1) is 3.93. The van der Waals surface area contributed by atoms with Crippen molar-refractivity contribution in [1.82, 2.24) is 5.32 Å². The number of hydrogen-bond acceptors (Lipinski definition) is 2. The second-order valence-corrected chi connectivity index (χ2v) is 2.83. The zero-order valence-electron chi connectivity index (χ0n) is 4.80. The van der Waals surface area contributed by atoms with Crippen molar-refractivity contribution in [2.24, 2.45) is 17.8 Å². The number of fused-ring (bicyclic) bond motifs is 1. The summed E-state index contributed by atoms with van der Waals surface area (Å²) in [7, 11) is 0. The minimum Gasteiger partial charge on any atom is -0.396 e. The number of aliphatic hydroxyl groups excluding tert-OH is 1. The van der Waals surface area contributed by atoms with E-state index in [2.05, 4.69) is 5.32 Å². The van der Waals surface area contributed by atoms with Crippen LogP contribution in [0.3, 0.4) is 0 Å². The molecular weight excluding hydrogens is 102 g/mol. The van der Waals surface area contributed by atoms with E-state index in [1.54, 1.807) is 0 Å². The fourth-order valence-electron chi connectivity index (χ4n) is 1.82. The Balaban J connectivity index is 1.94. The number of hydrogen-bond donors (Lipinski definition) is 2. The fourth-order valence-corrected chi connectivity index (χ4v) is 1.82. The summed E-state index contributed by atoms with van der Waals surface area (Å²) in [5.74, 6) is 2.33. The highest BCUT2D eigenvalue weighted by molar-refractivity contribution is 5.03. The van der Waals surface area contributed by atoms with Gasteiger partial charge in [0.2, 0.25) is 0 Å². The van der Waals surface area contributed by atoms with E-state index < -0.39 is 0 Å². The van der Waals surface area contributed by atoms with Crippen molar-refractivity contribution in [2.75, 3.05) is 19.7 Å². The third-order valence-corrected chi connectivity index (χ3v) is 2.48. The monoisotopic (exact) mass is 113 g/mol. The van der Waals surface area contributed by atoms with E-state index in [1.807, 2.05) is 0 Å². The van der Waals surface area contributed by atoms with Gasteiger partial charge >= 0.3 is 0 Å². The van der Waals surface area contributed by atoms with Gasteiger partial charge in [0.15, 0.2) is 0 Å². The van der Waals surface area contributed by atoms with Crippen LogP contribution >= 0.6 is 0 Å². The molecule has 0 spiro atoms. The normalized spacial score (nSPS) is 51.4. The molecule has 8 heavy (non-hydrogen) atoms. The summed E-state index contributed by atoms with van der Waals surface area (Å²) >= 11 is 0. The highest BCUT2D eigenvalue weighted by Gasteiger charge is 2.51.